The van der Waals surface area contributed by atoms with Crippen molar-refractivity contribution in [3.63, 3.8) is 0 Å². The lowest BCUT2D eigenvalue weighted by Gasteiger charge is -2.47. The van der Waals surface area contributed by atoms with E-state index in [1.807, 2.05) is 0 Å². The Kier molecular flexibility index (Phi) is 10.7. The molecular weight excluding hydrogens is 953 g/mol. The summed E-state index contributed by atoms with van der Waals surface area (Å²) in [5, 5.41) is 0. The van der Waals surface area contributed by atoms with Crippen LogP contribution in [0.3, 0.4) is 0 Å². The highest BCUT2D eigenvalue weighted by Crippen LogP contribution is 2.66. The minimum atomic E-state index is -0.770. The molecular formula is C77H56N2. The van der Waals surface area contributed by atoms with E-state index in [2.05, 4.69) is 327 Å². The first-order valence-electron chi connectivity index (χ1n) is 27.7. The Morgan fingerprint density at radius 1 is 0.215 bits per heavy atom. The molecule has 0 bridgehead atoms. The van der Waals surface area contributed by atoms with Crippen LogP contribution in [0.4, 0.5) is 34.1 Å². The van der Waals surface area contributed by atoms with Crippen molar-refractivity contribution in [1.29, 1.82) is 0 Å². The summed E-state index contributed by atoms with van der Waals surface area (Å²) in [4.78, 5) is 5.10. The molecule has 0 saturated heterocycles. The lowest BCUT2D eigenvalue weighted by atomic mass is 9.61. The standard InChI is InChI=1S/C77H56N2/c1-53-43-45-71-67(47-53)76(57-31-15-5-16-32-57,58-33-17-6-18-34-58)69-49-63-64-50-70-74(52-66(64)75(55-27-11-3-12-28-55,56-29-13-4-14-30-56)65(63)51-73(69)78(71)61-39-23-9-24-40-61)79(62-41-25-10-26-42-62)72-46-44-54(2)48-68(72)77(70,59-35-19-7-20-36-59)60-37-21-8-22-38-60/h3-52H,1-2H3. The van der Waals surface area contributed by atoms with Crippen molar-refractivity contribution in [3.8, 4) is 11.1 Å². The molecule has 0 fully saturated rings. The zero-order valence-corrected chi connectivity index (χ0v) is 44.3. The van der Waals surface area contributed by atoms with E-state index in [-0.39, 0.29) is 0 Å². The molecule has 374 valence electrons. The molecule has 0 spiro atoms. The van der Waals surface area contributed by atoms with Gasteiger partial charge in [-0.05, 0) is 152 Å². The number of benzene rings is 12. The molecule has 2 nitrogen and oxygen atoms in total. The summed E-state index contributed by atoms with van der Waals surface area (Å²) in [6.07, 6.45) is 0. The fourth-order valence-electron chi connectivity index (χ4n) is 14.4. The molecule has 3 aliphatic rings. The highest BCUT2D eigenvalue weighted by Gasteiger charge is 2.54. The first-order valence-corrected chi connectivity index (χ1v) is 27.7. The smallest absolute Gasteiger partial charge is 0.0742 e. The summed E-state index contributed by atoms with van der Waals surface area (Å²) in [5.74, 6) is 0. The largest absolute Gasteiger partial charge is 0.310 e. The minimum Gasteiger partial charge on any atom is -0.310 e. The van der Waals surface area contributed by atoms with Gasteiger partial charge in [-0.15, -0.1) is 0 Å². The van der Waals surface area contributed by atoms with Gasteiger partial charge in [0.1, 0.15) is 0 Å². The van der Waals surface area contributed by atoms with E-state index < -0.39 is 16.2 Å². The second kappa shape index (κ2) is 18.2. The van der Waals surface area contributed by atoms with Crippen LogP contribution in [0.1, 0.15) is 77.9 Å². The van der Waals surface area contributed by atoms with Gasteiger partial charge in [-0.25, -0.2) is 0 Å². The van der Waals surface area contributed by atoms with Crippen LogP contribution in [0, 0.1) is 13.8 Å². The average molecular weight is 1010 g/mol. The summed E-state index contributed by atoms with van der Waals surface area (Å²) in [5.41, 5.74) is 24.3. The number of fused-ring (bicyclic) bond motifs is 7. The molecule has 15 rings (SSSR count). The molecule has 2 aliphatic heterocycles. The molecule has 0 N–H and O–H groups in total. The van der Waals surface area contributed by atoms with Crippen molar-refractivity contribution < 1.29 is 0 Å². The van der Waals surface area contributed by atoms with Gasteiger partial charge in [-0.2, -0.15) is 0 Å². The predicted octanol–water partition coefficient (Wildman–Crippen LogP) is 19.0. The SMILES string of the molecule is Cc1ccc2c(c1)C(c1ccccc1)(c1ccccc1)c1cc3c(cc1N2c1ccccc1)C(c1ccccc1)(c1ccccc1)c1cc2c(cc1-3)C(c1ccccc1)(c1ccccc1)c1cc(C)ccc1N2c1ccccc1. The van der Waals surface area contributed by atoms with Gasteiger partial charge in [0.2, 0.25) is 0 Å². The number of para-hydroxylation sites is 2. The van der Waals surface area contributed by atoms with Gasteiger partial charge in [0.15, 0.2) is 0 Å². The Morgan fingerprint density at radius 3 is 0.734 bits per heavy atom. The van der Waals surface area contributed by atoms with Crippen molar-refractivity contribution in [3.05, 3.63) is 381 Å². The Bertz CT molecular complexity index is 3880. The van der Waals surface area contributed by atoms with Crippen molar-refractivity contribution >= 4 is 34.1 Å². The van der Waals surface area contributed by atoms with Crippen molar-refractivity contribution in [2.75, 3.05) is 9.80 Å². The van der Waals surface area contributed by atoms with Crippen LogP contribution in [-0.2, 0) is 16.2 Å². The highest BCUT2D eigenvalue weighted by atomic mass is 15.2. The second-order valence-electron chi connectivity index (χ2n) is 21.7. The molecule has 0 amide bonds. The molecule has 0 atom stereocenters. The third-order valence-electron chi connectivity index (χ3n) is 17.5. The number of anilines is 6. The fraction of sp³-hybridized carbons (Fsp3) is 0.0649. The van der Waals surface area contributed by atoms with E-state index >= 15 is 0 Å². The summed E-state index contributed by atoms with van der Waals surface area (Å²) in [6, 6.07) is 115. The van der Waals surface area contributed by atoms with Crippen LogP contribution < -0.4 is 9.80 Å². The van der Waals surface area contributed by atoms with Gasteiger partial charge in [0, 0.05) is 11.4 Å². The number of aryl methyl sites for hydroxylation is 2. The van der Waals surface area contributed by atoms with Crippen molar-refractivity contribution in [2.24, 2.45) is 0 Å². The topological polar surface area (TPSA) is 6.48 Å². The molecule has 0 aromatic heterocycles. The Hall–Kier alpha value is -9.76. The van der Waals surface area contributed by atoms with E-state index in [1.54, 1.807) is 0 Å². The van der Waals surface area contributed by atoms with Gasteiger partial charge in [-0.1, -0.05) is 254 Å². The highest BCUT2D eigenvalue weighted by molar-refractivity contribution is 5.99. The lowest BCUT2D eigenvalue weighted by Crippen LogP contribution is -2.38. The molecule has 0 radical (unpaired) electrons. The van der Waals surface area contributed by atoms with Gasteiger partial charge < -0.3 is 9.80 Å². The first kappa shape index (κ1) is 46.5. The van der Waals surface area contributed by atoms with Crippen LogP contribution in [0.15, 0.2) is 303 Å². The zero-order chi connectivity index (χ0) is 52.7. The number of nitrogens with zero attached hydrogens (tertiary/aromatic N) is 2. The van der Waals surface area contributed by atoms with E-state index in [0.29, 0.717) is 0 Å². The monoisotopic (exact) mass is 1010 g/mol. The number of hydrogen-bond donors (Lipinski definition) is 0. The van der Waals surface area contributed by atoms with Crippen molar-refractivity contribution in [1.82, 2.24) is 0 Å². The van der Waals surface area contributed by atoms with Crippen LogP contribution >= 0.6 is 0 Å². The second-order valence-corrected chi connectivity index (χ2v) is 21.7. The maximum atomic E-state index is 2.63. The van der Waals surface area contributed by atoms with E-state index in [4.69, 9.17) is 0 Å². The maximum Gasteiger partial charge on any atom is 0.0742 e. The van der Waals surface area contributed by atoms with Gasteiger partial charge in [-0.3, -0.25) is 0 Å². The van der Waals surface area contributed by atoms with Gasteiger partial charge in [0.05, 0.1) is 39.0 Å². The van der Waals surface area contributed by atoms with Crippen molar-refractivity contribution in [2.45, 2.75) is 30.1 Å². The van der Waals surface area contributed by atoms with Gasteiger partial charge in [0.25, 0.3) is 0 Å². The number of hydrogen-bond acceptors (Lipinski definition) is 2. The summed E-state index contributed by atoms with van der Waals surface area (Å²) in [6.45, 7) is 4.48. The molecule has 12 aromatic carbocycles. The predicted molar refractivity (Wildman–Crippen MR) is 326 cm³/mol. The Labute approximate surface area is 463 Å². The van der Waals surface area contributed by atoms with Crippen LogP contribution in [0.5, 0.6) is 0 Å². The molecule has 79 heavy (non-hydrogen) atoms. The van der Waals surface area contributed by atoms with E-state index in [1.165, 1.54) is 89.0 Å². The summed E-state index contributed by atoms with van der Waals surface area (Å²) in [7, 11) is 0. The molecule has 2 heterocycles. The molecule has 12 aromatic rings. The Morgan fingerprint density at radius 2 is 0.456 bits per heavy atom. The zero-order valence-electron chi connectivity index (χ0n) is 44.3. The molecule has 0 unspecified atom stereocenters. The maximum absolute atomic E-state index is 2.63. The molecule has 2 heteroatoms. The first-order chi connectivity index (χ1) is 39.0. The minimum absolute atomic E-state index is 0.725. The summed E-state index contributed by atoms with van der Waals surface area (Å²) < 4.78 is 0. The third-order valence-corrected chi connectivity index (χ3v) is 17.5. The number of rotatable bonds is 8. The molecule has 1 aliphatic carbocycles. The van der Waals surface area contributed by atoms with Crippen LogP contribution in [0.25, 0.3) is 11.1 Å². The van der Waals surface area contributed by atoms with E-state index in [0.717, 1.165) is 34.1 Å². The van der Waals surface area contributed by atoms with Crippen LogP contribution in [-0.4, -0.2) is 0 Å². The normalized spacial score (nSPS) is 14.7. The third kappa shape index (κ3) is 6.65. The fourth-order valence-corrected chi connectivity index (χ4v) is 14.4. The van der Waals surface area contributed by atoms with Crippen LogP contribution in [0.2, 0.25) is 0 Å². The Balaban J connectivity index is 1.17. The average Bonchev–Trinajstić information content (AvgIpc) is 2.46. The lowest BCUT2D eigenvalue weighted by molar-refractivity contribution is 0.722. The van der Waals surface area contributed by atoms with Gasteiger partial charge >= 0.3 is 0 Å². The van der Waals surface area contributed by atoms with E-state index in [9.17, 15) is 0 Å². The molecule has 0 saturated carbocycles. The summed E-state index contributed by atoms with van der Waals surface area (Å²) >= 11 is 0. The quantitative estimate of drug-likeness (QED) is 0.150.